The van der Waals surface area contributed by atoms with Gasteiger partial charge in [-0.25, -0.2) is 0 Å². The summed E-state index contributed by atoms with van der Waals surface area (Å²) in [5.41, 5.74) is 2.02. The van der Waals surface area contributed by atoms with Crippen LogP contribution >= 0.6 is 27.5 Å². The molecule has 2 aromatic rings. The minimum atomic E-state index is 0.656. The number of halogens is 2. The van der Waals surface area contributed by atoms with Gasteiger partial charge >= 0.3 is 0 Å². The van der Waals surface area contributed by atoms with Gasteiger partial charge in [0.05, 0.1) is 6.20 Å². The number of nitrogens with zero attached hydrogens (tertiary/aromatic N) is 2. The zero-order chi connectivity index (χ0) is 10.1. The molecule has 0 amide bonds. The van der Waals surface area contributed by atoms with Crippen LogP contribution in [0.15, 0.2) is 34.9 Å². The summed E-state index contributed by atoms with van der Waals surface area (Å²) in [4.78, 5) is 0. The van der Waals surface area contributed by atoms with Gasteiger partial charge in [0.15, 0.2) is 0 Å². The summed E-state index contributed by atoms with van der Waals surface area (Å²) in [6, 6.07) is 7.98. The molecule has 2 rings (SSSR count). The normalized spacial score (nSPS) is 10.5. The predicted octanol–water partition coefficient (Wildman–Crippen LogP) is 3.50. The fourth-order valence-electron chi connectivity index (χ4n) is 1.27. The molecule has 0 spiro atoms. The van der Waals surface area contributed by atoms with Crippen molar-refractivity contribution in [3.63, 3.8) is 0 Å². The smallest absolute Gasteiger partial charge is 0.134 e. The average molecular weight is 272 g/mol. The Morgan fingerprint density at radius 1 is 1.43 bits per heavy atom. The maximum Gasteiger partial charge on any atom is 0.134 e. The van der Waals surface area contributed by atoms with Crippen molar-refractivity contribution in [1.82, 2.24) is 9.78 Å². The molecule has 14 heavy (non-hydrogen) atoms. The summed E-state index contributed by atoms with van der Waals surface area (Å²) in [6.07, 6.45) is 1.77. The monoisotopic (exact) mass is 270 g/mol. The van der Waals surface area contributed by atoms with E-state index in [2.05, 4.69) is 21.0 Å². The molecule has 0 bridgehead atoms. The Bertz CT molecular complexity index is 465. The van der Waals surface area contributed by atoms with E-state index in [1.807, 2.05) is 31.3 Å². The average Bonchev–Trinajstić information content (AvgIpc) is 2.48. The van der Waals surface area contributed by atoms with Crippen molar-refractivity contribution in [3.05, 3.63) is 40.1 Å². The van der Waals surface area contributed by atoms with Gasteiger partial charge in [-0.1, -0.05) is 39.7 Å². The van der Waals surface area contributed by atoms with Gasteiger partial charge < -0.3 is 0 Å². The lowest BCUT2D eigenvalue weighted by Crippen LogP contribution is -1.88. The molecule has 0 aliphatic heterocycles. The Morgan fingerprint density at radius 3 is 2.79 bits per heavy atom. The second-order valence-electron chi connectivity index (χ2n) is 2.98. The number of aryl methyl sites for hydroxylation is 1. The summed E-state index contributed by atoms with van der Waals surface area (Å²) >= 11 is 9.50. The van der Waals surface area contributed by atoms with Crippen molar-refractivity contribution in [2.24, 2.45) is 7.05 Å². The third kappa shape index (κ3) is 1.70. The van der Waals surface area contributed by atoms with Gasteiger partial charge in [0.2, 0.25) is 0 Å². The van der Waals surface area contributed by atoms with Gasteiger partial charge in [-0.3, -0.25) is 4.68 Å². The molecule has 1 heterocycles. The van der Waals surface area contributed by atoms with Gasteiger partial charge in [0.25, 0.3) is 0 Å². The molecule has 0 radical (unpaired) electrons. The van der Waals surface area contributed by atoms with Gasteiger partial charge in [-0.05, 0) is 17.7 Å². The third-order valence-electron chi connectivity index (χ3n) is 2.00. The van der Waals surface area contributed by atoms with Gasteiger partial charge in [-0.2, -0.15) is 5.10 Å². The number of aromatic nitrogens is 2. The third-order valence-corrected chi connectivity index (χ3v) is 2.94. The molecule has 0 unspecified atom stereocenters. The molecular formula is C10H8BrClN2. The highest BCUT2D eigenvalue weighted by Gasteiger charge is 2.07. The summed E-state index contributed by atoms with van der Waals surface area (Å²) in [6.45, 7) is 0. The topological polar surface area (TPSA) is 17.8 Å². The van der Waals surface area contributed by atoms with Crippen LogP contribution in [-0.2, 0) is 7.05 Å². The van der Waals surface area contributed by atoms with E-state index < -0.39 is 0 Å². The van der Waals surface area contributed by atoms with E-state index >= 15 is 0 Å². The molecule has 0 aliphatic carbocycles. The first-order chi connectivity index (χ1) is 6.68. The standard InChI is InChI=1S/C10H8BrClN2/c1-14-10(12)9(6-13-14)7-3-2-4-8(11)5-7/h2-6H,1H3. The molecule has 4 heteroatoms. The fourth-order valence-corrected chi connectivity index (χ4v) is 1.87. The highest BCUT2D eigenvalue weighted by Crippen LogP contribution is 2.28. The zero-order valence-corrected chi connectivity index (χ0v) is 9.88. The lowest BCUT2D eigenvalue weighted by Gasteiger charge is -1.99. The maximum atomic E-state index is 6.08. The summed E-state index contributed by atoms with van der Waals surface area (Å²) < 4.78 is 2.69. The van der Waals surface area contributed by atoms with Crippen LogP contribution in [0, 0.1) is 0 Å². The molecule has 0 fully saturated rings. The number of hydrogen-bond donors (Lipinski definition) is 0. The van der Waals surface area contributed by atoms with Gasteiger partial charge in [-0.15, -0.1) is 0 Å². The first kappa shape index (κ1) is 9.74. The molecule has 1 aromatic heterocycles. The lowest BCUT2D eigenvalue weighted by atomic mass is 10.1. The minimum absolute atomic E-state index is 0.656. The van der Waals surface area contributed by atoms with E-state index in [4.69, 9.17) is 11.6 Å². The maximum absolute atomic E-state index is 6.08. The molecule has 0 saturated heterocycles. The molecule has 2 nitrogen and oxygen atoms in total. The zero-order valence-electron chi connectivity index (χ0n) is 7.54. The Balaban J connectivity index is 2.55. The van der Waals surface area contributed by atoms with E-state index in [9.17, 15) is 0 Å². The summed E-state index contributed by atoms with van der Waals surface area (Å²) in [7, 11) is 1.82. The molecule has 0 atom stereocenters. The van der Waals surface area contributed by atoms with E-state index in [1.54, 1.807) is 10.9 Å². The quantitative estimate of drug-likeness (QED) is 0.776. The first-order valence-corrected chi connectivity index (χ1v) is 5.29. The van der Waals surface area contributed by atoms with Crippen molar-refractivity contribution < 1.29 is 0 Å². The number of rotatable bonds is 1. The van der Waals surface area contributed by atoms with E-state index in [-0.39, 0.29) is 0 Å². The predicted molar refractivity (Wildman–Crippen MR) is 61.4 cm³/mol. The largest absolute Gasteiger partial charge is 0.256 e. The van der Waals surface area contributed by atoms with Crippen molar-refractivity contribution in [2.75, 3.05) is 0 Å². The van der Waals surface area contributed by atoms with Crippen LogP contribution in [0.25, 0.3) is 11.1 Å². The van der Waals surface area contributed by atoms with Gasteiger partial charge in [0.1, 0.15) is 5.15 Å². The number of benzene rings is 1. The van der Waals surface area contributed by atoms with Gasteiger partial charge in [0, 0.05) is 17.1 Å². The Labute approximate surface area is 95.6 Å². The lowest BCUT2D eigenvalue weighted by molar-refractivity contribution is 0.769. The van der Waals surface area contributed by atoms with Crippen LogP contribution in [-0.4, -0.2) is 9.78 Å². The van der Waals surface area contributed by atoms with Crippen molar-refractivity contribution >= 4 is 27.5 Å². The van der Waals surface area contributed by atoms with Crippen LogP contribution in [0.1, 0.15) is 0 Å². The van der Waals surface area contributed by atoms with Crippen LogP contribution in [0.2, 0.25) is 5.15 Å². The first-order valence-electron chi connectivity index (χ1n) is 4.12. The second-order valence-corrected chi connectivity index (χ2v) is 4.26. The highest BCUT2D eigenvalue weighted by molar-refractivity contribution is 9.10. The molecule has 1 aromatic carbocycles. The SMILES string of the molecule is Cn1ncc(-c2cccc(Br)c2)c1Cl. The second kappa shape index (κ2) is 3.75. The van der Waals surface area contributed by atoms with Crippen LogP contribution < -0.4 is 0 Å². The van der Waals surface area contributed by atoms with Crippen molar-refractivity contribution in [1.29, 1.82) is 0 Å². The molecular weight excluding hydrogens is 263 g/mol. The van der Waals surface area contributed by atoms with E-state index in [0.717, 1.165) is 15.6 Å². The van der Waals surface area contributed by atoms with Crippen LogP contribution in [0.4, 0.5) is 0 Å². The Kier molecular flexibility index (Phi) is 2.61. The molecule has 0 saturated carbocycles. The number of hydrogen-bond acceptors (Lipinski definition) is 1. The summed E-state index contributed by atoms with van der Waals surface area (Å²) in [5, 5.41) is 4.75. The minimum Gasteiger partial charge on any atom is -0.256 e. The van der Waals surface area contributed by atoms with E-state index in [0.29, 0.717) is 5.15 Å². The van der Waals surface area contributed by atoms with Crippen LogP contribution in [0.5, 0.6) is 0 Å². The Hall–Kier alpha value is -0.800. The van der Waals surface area contributed by atoms with E-state index in [1.165, 1.54) is 0 Å². The molecule has 0 N–H and O–H groups in total. The Morgan fingerprint density at radius 2 is 2.21 bits per heavy atom. The summed E-state index contributed by atoms with van der Waals surface area (Å²) in [5.74, 6) is 0. The van der Waals surface area contributed by atoms with Crippen LogP contribution in [0.3, 0.4) is 0 Å². The van der Waals surface area contributed by atoms with Crippen molar-refractivity contribution in [2.45, 2.75) is 0 Å². The molecule has 72 valence electrons. The highest BCUT2D eigenvalue weighted by atomic mass is 79.9. The fraction of sp³-hybridized carbons (Fsp3) is 0.100. The molecule has 0 aliphatic rings. The van der Waals surface area contributed by atoms with Crippen molar-refractivity contribution in [3.8, 4) is 11.1 Å².